The van der Waals surface area contributed by atoms with E-state index in [0.717, 1.165) is 22.8 Å². The molecule has 0 fully saturated rings. The molecule has 1 aromatic rings. The highest BCUT2D eigenvalue weighted by Crippen LogP contribution is 2.33. The minimum atomic E-state index is 0.0481. The third-order valence-corrected chi connectivity index (χ3v) is 3.67. The van der Waals surface area contributed by atoms with Crippen LogP contribution in [0.2, 0.25) is 10.0 Å². The molecule has 0 heterocycles. The summed E-state index contributed by atoms with van der Waals surface area (Å²) in [7, 11) is 0. The van der Waals surface area contributed by atoms with Gasteiger partial charge in [0.1, 0.15) is 5.75 Å². The van der Waals surface area contributed by atoms with Crippen LogP contribution in [0.5, 0.6) is 5.75 Å². The van der Waals surface area contributed by atoms with Crippen LogP contribution in [0, 0.1) is 0 Å². The average Bonchev–Trinajstić information content (AvgIpc) is 2.26. The second kappa shape index (κ2) is 8.16. The minimum absolute atomic E-state index is 0.0481. The summed E-state index contributed by atoms with van der Waals surface area (Å²) in [5, 5.41) is 1.17. The van der Waals surface area contributed by atoms with E-state index in [1.54, 1.807) is 6.07 Å². The van der Waals surface area contributed by atoms with Crippen LogP contribution in [0.1, 0.15) is 19.4 Å². The maximum Gasteiger partial charge on any atom is 0.141 e. The van der Waals surface area contributed by atoms with Crippen LogP contribution in [0.25, 0.3) is 0 Å². The van der Waals surface area contributed by atoms with Crippen molar-refractivity contribution in [3.63, 3.8) is 0 Å². The summed E-state index contributed by atoms with van der Waals surface area (Å²) in [5.74, 6) is 2.76. The fourth-order valence-corrected chi connectivity index (χ4v) is 2.70. The van der Waals surface area contributed by atoms with Crippen molar-refractivity contribution in [1.82, 2.24) is 0 Å². The molecule has 0 radical (unpaired) electrons. The Morgan fingerprint density at radius 2 is 2.11 bits per heavy atom. The number of ether oxygens (including phenoxy) is 1. The van der Waals surface area contributed by atoms with Gasteiger partial charge >= 0.3 is 0 Å². The van der Waals surface area contributed by atoms with Crippen molar-refractivity contribution in [3.05, 3.63) is 27.7 Å². The molecule has 5 heteroatoms. The number of thioether (sulfide) groups is 1. The first kappa shape index (κ1) is 16.0. The lowest BCUT2D eigenvalue weighted by molar-refractivity contribution is 0.339. The van der Waals surface area contributed by atoms with Crippen LogP contribution >= 0.6 is 35.0 Å². The first-order valence-corrected chi connectivity index (χ1v) is 7.89. The lowest BCUT2D eigenvalue weighted by atomic mass is 10.1. The molecule has 0 saturated carbocycles. The summed E-state index contributed by atoms with van der Waals surface area (Å²) >= 11 is 14.0. The number of benzene rings is 1. The number of nitrogens with two attached hydrogens (primary N) is 1. The molecule has 1 aromatic carbocycles. The Balaban J connectivity index is 2.79. The molecule has 1 unspecified atom stereocenters. The topological polar surface area (TPSA) is 35.2 Å². The molecule has 18 heavy (non-hydrogen) atoms. The number of rotatable bonds is 7. The van der Waals surface area contributed by atoms with Gasteiger partial charge in [0.15, 0.2) is 0 Å². The first-order valence-electron chi connectivity index (χ1n) is 5.98. The van der Waals surface area contributed by atoms with Crippen molar-refractivity contribution in [2.45, 2.75) is 26.3 Å². The zero-order chi connectivity index (χ0) is 13.5. The highest BCUT2D eigenvalue weighted by molar-refractivity contribution is 7.99. The molecular formula is C13H19Cl2NOS. The third kappa shape index (κ3) is 5.27. The molecule has 2 nitrogen and oxygen atoms in total. The molecule has 102 valence electrons. The van der Waals surface area contributed by atoms with Crippen LogP contribution in [0.4, 0.5) is 0 Å². The van der Waals surface area contributed by atoms with Gasteiger partial charge in [0.05, 0.1) is 11.6 Å². The predicted octanol–water partition coefficient (Wildman–Crippen LogP) is 4.02. The second-order valence-electron chi connectivity index (χ2n) is 4.10. The lowest BCUT2D eigenvalue weighted by Gasteiger charge is -2.15. The maximum atomic E-state index is 6.17. The van der Waals surface area contributed by atoms with E-state index >= 15 is 0 Å². The molecule has 0 aliphatic carbocycles. The van der Waals surface area contributed by atoms with E-state index in [1.165, 1.54) is 0 Å². The Hall–Kier alpha value is -0.0900. The van der Waals surface area contributed by atoms with E-state index in [4.69, 9.17) is 33.7 Å². The normalized spacial score (nSPS) is 12.5. The van der Waals surface area contributed by atoms with Crippen molar-refractivity contribution in [2.24, 2.45) is 5.73 Å². The monoisotopic (exact) mass is 307 g/mol. The average molecular weight is 308 g/mol. The van der Waals surface area contributed by atoms with Crippen molar-refractivity contribution >= 4 is 35.0 Å². The molecule has 1 atom stereocenters. The van der Waals surface area contributed by atoms with Gasteiger partial charge in [-0.3, -0.25) is 0 Å². The molecule has 0 amide bonds. The van der Waals surface area contributed by atoms with E-state index in [2.05, 4.69) is 6.92 Å². The molecule has 0 aliphatic heterocycles. The molecule has 1 rings (SSSR count). The number of hydrogen-bond acceptors (Lipinski definition) is 3. The van der Waals surface area contributed by atoms with Gasteiger partial charge in [-0.2, -0.15) is 11.8 Å². The summed E-state index contributed by atoms with van der Waals surface area (Å²) in [5.41, 5.74) is 6.80. The summed E-state index contributed by atoms with van der Waals surface area (Å²) in [6.45, 7) is 4.72. The van der Waals surface area contributed by atoms with Gasteiger partial charge in [-0.15, -0.1) is 0 Å². The van der Waals surface area contributed by atoms with Gasteiger partial charge in [0.25, 0.3) is 0 Å². The van der Waals surface area contributed by atoms with Gasteiger partial charge in [-0.05, 0) is 36.8 Å². The molecular weight excluding hydrogens is 289 g/mol. The fourth-order valence-electron chi connectivity index (χ4n) is 1.62. The first-order chi connectivity index (χ1) is 8.54. The Kier molecular flexibility index (Phi) is 7.23. The van der Waals surface area contributed by atoms with E-state index < -0.39 is 0 Å². The minimum Gasteiger partial charge on any atom is -0.491 e. The van der Waals surface area contributed by atoms with Gasteiger partial charge in [-0.25, -0.2) is 0 Å². The standard InChI is InChI=1S/C13H19Cl2NOS/c1-3-18-5-4-17-13-10(6-9(2)16)7-11(14)8-12(13)15/h7-9H,3-6,16H2,1-2H3. The fraction of sp³-hybridized carbons (Fsp3) is 0.538. The Bertz CT molecular complexity index is 385. The SMILES string of the molecule is CCSCCOc1c(Cl)cc(Cl)cc1CC(C)N. The quantitative estimate of drug-likeness (QED) is 0.773. The lowest BCUT2D eigenvalue weighted by Crippen LogP contribution is -2.18. The Morgan fingerprint density at radius 3 is 2.72 bits per heavy atom. The molecule has 2 N–H and O–H groups in total. The van der Waals surface area contributed by atoms with Crippen molar-refractivity contribution < 1.29 is 4.74 Å². The van der Waals surface area contributed by atoms with Crippen molar-refractivity contribution in [2.75, 3.05) is 18.1 Å². The van der Waals surface area contributed by atoms with E-state index in [1.807, 2.05) is 24.8 Å². The summed E-state index contributed by atoms with van der Waals surface area (Å²) in [6, 6.07) is 3.63. The molecule has 0 saturated heterocycles. The Morgan fingerprint density at radius 1 is 1.39 bits per heavy atom. The van der Waals surface area contributed by atoms with Gasteiger partial charge < -0.3 is 10.5 Å². The van der Waals surface area contributed by atoms with Crippen molar-refractivity contribution in [1.29, 1.82) is 0 Å². The number of hydrogen-bond donors (Lipinski definition) is 1. The van der Waals surface area contributed by atoms with Crippen LogP contribution in [0.3, 0.4) is 0 Å². The van der Waals surface area contributed by atoms with Gasteiger partial charge in [0.2, 0.25) is 0 Å². The molecule has 0 spiro atoms. The summed E-state index contributed by atoms with van der Waals surface area (Å²) in [6.07, 6.45) is 0.705. The highest BCUT2D eigenvalue weighted by atomic mass is 35.5. The largest absolute Gasteiger partial charge is 0.491 e. The van der Waals surface area contributed by atoms with Crippen LogP contribution in [-0.4, -0.2) is 24.2 Å². The van der Waals surface area contributed by atoms with E-state index in [0.29, 0.717) is 23.1 Å². The zero-order valence-corrected chi connectivity index (χ0v) is 13.0. The zero-order valence-electron chi connectivity index (χ0n) is 10.7. The number of halogens is 2. The van der Waals surface area contributed by atoms with Crippen LogP contribution in [-0.2, 0) is 6.42 Å². The summed E-state index contributed by atoms with van der Waals surface area (Å²) in [4.78, 5) is 0. The van der Waals surface area contributed by atoms with Crippen molar-refractivity contribution in [3.8, 4) is 5.75 Å². The van der Waals surface area contributed by atoms with E-state index in [9.17, 15) is 0 Å². The summed E-state index contributed by atoms with van der Waals surface area (Å²) < 4.78 is 5.76. The smallest absolute Gasteiger partial charge is 0.141 e. The maximum absolute atomic E-state index is 6.17. The highest BCUT2D eigenvalue weighted by Gasteiger charge is 2.12. The molecule has 0 aliphatic rings. The molecule has 0 bridgehead atoms. The van der Waals surface area contributed by atoms with Gasteiger partial charge in [-0.1, -0.05) is 30.1 Å². The second-order valence-corrected chi connectivity index (χ2v) is 6.34. The van der Waals surface area contributed by atoms with Crippen LogP contribution < -0.4 is 10.5 Å². The van der Waals surface area contributed by atoms with E-state index in [-0.39, 0.29) is 6.04 Å². The predicted molar refractivity (Wildman–Crippen MR) is 82.3 cm³/mol. The van der Waals surface area contributed by atoms with Gasteiger partial charge in [0, 0.05) is 16.8 Å². The van der Waals surface area contributed by atoms with Crippen LogP contribution in [0.15, 0.2) is 12.1 Å². The third-order valence-electron chi connectivity index (χ3n) is 2.31. The Labute approximate surface area is 123 Å². The molecule has 0 aromatic heterocycles.